The topological polar surface area (TPSA) is 58.7 Å². The molecule has 2 heterocycles. The second-order valence-corrected chi connectivity index (χ2v) is 8.31. The van der Waals surface area contributed by atoms with E-state index in [1.54, 1.807) is 18.3 Å². The van der Waals surface area contributed by atoms with Crippen molar-refractivity contribution in [3.63, 3.8) is 0 Å². The van der Waals surface area contributed by atoms with Crippen LogP contribution in [0.2, 0.25) is 0 Å². The Kier molecular flexibility index (Phi) is 4.23. The van der Waals surface area contributed by atoms with Crippen LogP contribution < -0.4 is 0 Å². The van der Waals surface area contributed by atoms with Crippen molar-refractivity contribution in [2.45, 2.75) is 6.92 Å². The Labute approximate surface area is 178 Å². The average molecular weight is 407 g/mol. The summed E-state index contributed by atoms with van der Waals surface area (Å²) in [4.78, 5) is 19.7. The summed E-state index contributed by atoms with van der Waals surface area (Å²) < 4.78 is 2.08. The van der Waals surface area contributed by atoms with E-state index in [1.807, 2.05) is 67.7 Å². The van der Waals surface area contributed by atoms with E-state index < -0.39 is 0 Å². The van der Waals surface area contributed by atoms with Crippen molar-refractivity contribution in [2.24, 2.45) is 7.05 Å². The molecule has 1 aliphatic carbocycles. The van der Waals surface area contributed by atoms with Crippen LogP contribution >= 0.6 is 11.3 Å². The predicted octanol–water partition coefficient (Wildman–Crippen LogP) is 5.88. The third-order valence-electron chi connectivity index (χ3n) is 5.42. The van der Waals surface area contributed by atoms with E-state index >= 15 is 0 Å². The number of Topliss-reactive ketones (excluding diaryl/α,β-unsaturated/α-hetero) is 1. The van der Waals surface area contributed by atoms with Gasteiger partial charge in [0.1, 0.15) is 10.7 Å². The van der Waals surface area contributed by atoms with Crippen molar-refractivity contribution in [1.29, 1.82) is 5.26 Å². The molecule has 2 aromatic carbocycles. The molecule has 2 aromatic heterocycles. The quantitative estimate of drug-likeness (QED) is 0.308. The zero-order valence-corrected chi connectivity index (χ0v) is 17.3. The molecule has 0 radical (unpaired) electrons. The van der Waals surface area contributed by atoms with Gasteiger partial charge in [0.15, 0.2) is 5.78 Å². The summed E-state index contributed by atoms with van der Waals surface area (Å²) >= 11 is 1.55. The van der Waals surface area contributed by atoms with Gasteiger partial charge in [0.25, 0.3) is 0 Å². The number of hydrogen-bond acceptors (Lipinski definition) is 4. The average Bonchev–Trinajstić information content (AvgIpc) is 3.40. The molecule has 144 valence electrons. The number of nitrogens with zero attached hydrogens (tertiary/aromatic N) is 3. The molecule has 0 N–H and O–H groups in total. The van der Waals surface area contributed by atoms with E-state index in [0.29, 0.717) is 16.7 Å². The molecule has 5 heteroatoms. The molecule has 0 aliphatic heterocycles. The third-order valence-corrected chi connectivity index (χ3v) is 6.38. The first kappa shape index (κ1) is 18.3. The van der Waals surface area contributed by atoms with Gasteiger partial charge in [-0.1, -0.05) is 54.6 Å². The fourth-order valence-corrected chi connectivity index (χ4v) is 4.96. The van der Waals surface area contributed by atoms with Gasteiger partial charge < -0.3 is 4.57 Å². The number of hydrogen-bond donors (Lipinski definition) is 0. The fraction of sp³-hybridized carbons (Fsp3) is 0.0800. The lowest BCUT2D eigenvalue weighted by Gasteiger charge is -2.03. The van der Waals surface area contributed by atoms with Crippen molar-refractivity contribution >= 4 is 39.1 Å². The lowest BCUT2D eigenvalue weighted by molar-refractivity contribution is 0.104. The summed E-state index contributed by atoms with van der Waals surface area (Å²) in [5, 5.41) is 9.49. The van der Waals surface area contributed by atoms with Crippen LogP contribution in [0.15, 0.2) is 71.8 Å². The molecule has 0 atom stereocenters. The molecule has 0 spiro atoms. The van der Waals surface area contributed by atoms with Gasteiger partial charge in [0.05, 0.1) is 11.6 Å². The standard InChI is InChI=1S/C25H17N3OS/c1-15(14-26)22-18-10-6-7-11-19(18)23(29)20(22)12-17-13-21-25(30-17)27-24(28(21)2)16-8-4-3-5-9-16/h3-13H,1-2H3/b20-12-,22-15?. The molecule has 0 saturated heterocycles. The number of aryl methyl sites for hydroxylation is 1. The Morgan fingerprint density at radius 2 is 1.80 bits per heavy atom. The Morgan fingerprint density at radius 1 is 1.10 bits per heavy atom. The van der Waals surface area contributed by atoms with Crippen LogP contribution in [0.25, 0.3) is 33.4 Å². The SMILES string of the molecule is CC(C#N)=C1/C(=C/c2cc3c(nc(-c4ccccc4)n3C)s2)C(=O)c2ccccc21. The Balaban J connectivity index is 1.63. The number of carbonyl (C=O) groups excluding carboxylic acids is 1. The maximum atomic E-state index is 13.1. The zero-order chi connectivity index (χ0) is 20.8. The molecule has 0 saturated carbocycles. The maximum Gasteiger partial charge on any atom is 0.194 e. The summed E-state index contributed by atoms with van der Waals surface area (Å²) in [6.07, 6.45) is 1.90. The van der Waals surface area contributed by atoms with Crippen molar-refractivity contribution in [2.75, 3.05) is 0 Å². The van der Waals surface area contributed by atoms with Gasteiger partial charge >= 0.3 is 0 Å². The smallest absolute Gasteiger partial charge is 0.194 e. The van der Waals surface area contributed by atoms with Crippen LogP contribution in [-0.4, -0.2) is 15.3 Å². The summed E-state index contributed by atoms with van der Waals surface area (Å²) in [6.45, 7) is 1.76. The first-order valence-electron chi connectivity index (χ1n) is 9.57. The van der Waals surface area contributed by atoms with Crippen molar-refractivity contribution in [3.8, 4) is 17.5 Å². The summed E-state index contributed by atoms with van der Waals surface area (Å²) in [6, 6.07) is 21.8. The first-order valence-corrected chi connectivity index (χ1v) is 10.4. The number of aromatic nitrogens is 2. The number of allylic oxidation sites excluding steroid dienone is 3. The number of imidazole rings is 1. The van der Waals surface area contributed by atoms with Crippen LogP contribution in [0, 0.1) is 11.3 Å². The number of thiophene rings is 1. The molecule has 4 nitrogen and oxygen atoms in total. The van der Waals surface area contributed by atoms with Gasteiger partial charge in [-0.25, -0.2) is 4.98 Å². The highest BCUT2D eigenvalue weighted by molar-refractivity contribution is 7.19. The molecule has 0 unspecified atom stereocenters. The minimum absolute atomic E-state index is 0.0365. The van der Waals surface area contributed by atoms with Crippen LogP contribution in [0.4, 0.5) is 0 Å². The number of benzene rings is 2. The Morgan fingerprint density at radius 3 is 2.50 bits per heavy atom. The fourth-order valence-electron chi connectivity index (χ4n) is 3.95. The monoisotopic (exact) mass is 407 g/mol. The number of rotatable bonds is 2. The van der Waals surface area contributed by atoms with Gasteiger partial charge in [0, 0.05) is 39.8 Å². The molecule has 0 bridgehead atoms. The van der Waals surface area contributed by atoms with Gasteiger partial charge in [-0.3, -0.25) is 4.79 Å². The molecule has 30 heavy (non-hydrogen) atoms. The van der Waals surface area contributed by atoms with Gasteiger partial charge in [-0.05, 0) is 24.6 Å². The number of fused-ring (bicyclic) bond motifs is 2. The second kappa shape index (κ2) is 6.94. The zero-order valence-electron chi connectivity index (χ0n) is 16.5. The lowest BCUT2D eigenvalue weighted by Crippen LogP contribution is -1.95. The normalized spacial score (nSPS) is 16.2. The van der Waals surface area contributed by atoms with Crippen molar-refractivity contribution < 1.29 is 4.79 Å². The highest BCUT2D eigenvalue weighted by Crippen LogP contribution is 2.41. The minimum Gasteiger partial charge on any atom is -0.326 e. The molecule has 1 aliphatic rings. The van der Waals surface area contributed by atoms with Crippen LogP contribution in [-0.2, 0) is 7.05 Å². The van der Waals surface area contributed by atoms with E-state index in [-0.39, 0.29) is 5.78 Å². The number of ketones is 1. The molecular formula is C25H17N3OS. The van der Waals surface area contributed by atoms with Crippen molar-refractivity contribution in [1.82, 2.24) is 9.55 Å². The Bertz CT molecular complexity index is 1430. The van der Waals surface area contributed by atoms with Crippen molar-refractivity contribution in [3.05, 3.63) is 87.8 Å². The van der Waals surface area contributed by atoms with E-state index in [9.17, 15) is 10.1 Å². The highest BCUT2D eigenvalue weighted by atomic mass is 32.1. The third kappa shape index (κ3) is 2.73. The second-order valence-electron chi connectivity index (χ2n) is 7.24. The van der Waals surface area contributed by atoms with E-state index in [1.165, 1.54) is 0 Å². The first-order chi connectivity index (χ1) is 14.6. The lowest BCUT2D eigenvalue weighted by atomic mass is 9.99. The van der Waals surface area contributed by atoms with E-state index in [4.69, 9.17) is 4.98 Å². The highest BCUT2D eigenvalue weighted by Gasteiger charge is 2.31. The van der Waals surface area contributed by atoms with Crippen LogP contribution in [0.5, 0.6) is 0 Å². The largest absolute Gasteiger partial charge is 0.326 e. The summed E-state index contributed by atoms with van der Waals surface area (Å²) in [7, 11) is 2.00. The van der Waals surface area contributed by atoms with E-state index in [0.717, 1.165) is 37.7 Å². The number of carbonyl (C=O) groups is 1. The minimum atomic E-state index is -0.0365. The molecule has 0 amide bonds. The Hall–Kier alpha value is -3.75. The molecule has 5 rings (SSSR count). The summed E-state index contributed by atoms with van der Waals surface area (Å²) in [5.41, 5.74) is 5.43. The van der Waals surface area contributed by atoms with E-state index in [2.05, 4.69) is 16.7 Å². The van der Waals surface area contributed by atoms with Crippen LogP contribution in [0.3, 0.4) is 0 Å². The molecular weight excluding hydrogens is 390 g/mol. The molecule has 0 fully saturated rings. The van der Waals surface area contributed by atoms with Gasteiger partial charge in [0.2, 0.25) is 0 Å². The van der Waals surface area contributed by atoms with Crippen LogP contribution in [0.1, 0.15) is 27.7 Å². The molecule has 4 aromatic rings. The van der Waals surface area contributed by atoms with Gasteiger partial charge in [-0.15, -0.1) is 11.3 Å². The van der Waals surface area contributed by atoms with Gasteiger partial charge in [-0.2, -0.15) is 5.26 Å². The predicted molar refractivity (Wildman–Crippen MR) is 121 cm³/mol. The summed E-state index contributed by atoms with van der Waals surface area (Å²) in [5.74, 6) is 0.881. The maximum absolute atomic E-state index is 13.1. The number of nitriles is 1.